The van der Waals surface area contributed by atoms with Crippen molar-refractivity contribution in [3.63, 3.8) is 0 Å². The zero-order chi connectivity index (χ0) is 32.2. The van der Waals surface area contributed by atoms with E-state index < -0.39 is 0 Å². The second-order valence-corrected chi connectivity index (χ2v) is 11.9. The lowest BCUT2D eigenvalue weighted by atomic mass is 9.94. The maximum Gasteiger partial charge on any atom is 0.197 e. The molecule has 9 aromatic rings. The summed E-state index contributed by atoms with van der Waals surface area (Å²) in [6, 6.07) is 56.6. The summed E-state index contributed by atoms with van der Waals surface area (Å²) in [7, 11) is 0. The largest absolute Gasteiger partial charge is 0.311 e. The SMILES string of the molecule is [C-]#[N+]c1cccc2c1c1ccccc1n2-c1cccc(-c2ccc(-c3ccccc3-n3c4ccccc4c4ccccc43)cc2C#N)c1. The zero-order valence-corrected chi connectivity index (χ0v) is 25.8. The topological polar surface area (TPSA) is 38.0 Å². The third kappa shape index (κ3) is 4.07. The Hall–Kier alpha value is -6.88. The standard InChI is InChI=1S/C44H26N4/c1-46-38-18-11-23-43-44(38)37-17-5-9-22-42(37)47(43)32-13-10-12-29(27-32)33-25-24-30(26-31(33)28-45)34-14-2-6-19-39(34)48-40-20-7-3-15-35(40)36-16-4-8-21-41(36)48/h2-27H. The molecule has 0 saturated heterocycles. The van der Waals surface area contributed by atoms with Crippen LogP contribution in [0.15, 0.2) is 158 Å². The highest BCUT2D eigenvalue weighted by Crippen LogP contribution is 2.40. The number of nitrogens with zero attached hydrogens (tertiary/aromatic N) is 4. The third-order valence-corrected chi connectivity index (χ3v) is 9.39. The highest BCUT2D eigenvalue weighted by molar-refractivity contribution is 6.15. The molecule has 9 rings (SSSR count). The highest BCUT2D eigenvalue weighted by atomic mass is 15.0. The van der Waals surface area contributed by atoms with E-state index >= 15 is 0 Å². The van der Waals surface area contributed by atoms with Crippen molar-refractivity contribution in [3.8, 4) is 39.7 Å². The van der Waals surface area contributed by atoms with Gasteiger partial charge in [0.2, 0.25) is 0 Å². The Kier molecular flexibility index (Phi) is 6.22. The average Bonchev–Trinajstić information content (AvgIpc) is 3.68. The molecule has 2 heterocycles. The number of hydrogen-bond acceptors (Lipinski definition) is 1. The van der Waals surface area contributed by atoms with Crippen molar-refractivity contribution in [1.29, 1.82) is 5.26 Å². The van der Waals surface area contributed by atoms with E-state index in [1.165, 1.54) is 10.8 Å². The maximum atomic E-state index is 10.5. The van der Waals surface area contributed by atoms with Crippen molar-refractivity contribution in [2.24, 2.45) is 0 Å². The van der Waals surface area contributed by atoms with E-state index in [-0.39, 0.29) is 0 Å². The van der Waals surface area contributed by atoms with Gasteiger partial charge in [-0.3, -0.25) is 0 Å². The van der Waals surface area contributed by atoms with Crippen molar-refractivity contribution in [3.05, 3.63) is 175 Å². The van der Waals surface area contributed by atoms with Crippen LogP contribution in [0.2, 0.25) is 0 Å². The van der Waals surface area contributed by atoms with Gasteiger partial charge in [-0.15, -0.1) is 0 Å². The first-order valence-corrected chi connectivity index (χ1v) is 15.9. The molecule has 0 N–H and O–H groups in total. The molecule has 0 atom stereocenters. The van der Waals surface area contributed by atoms with Gasteiger partial charge in [-0.2, -0.15) is 5.26 Å². The van der Waals surface area contributed by atoms with Crippen molar-refractivity contribution < 1.29 is 0 Å². The minimum absolute atomic E-state index is 0.610. The molecule has 4 heteroatoms. The van der Waals surface area contributed by atoms with Gasteiger partial charge in [0.25, 0.3) is 0 Å². The molecule has 0 fully saturated rings. The van der Waals surface area contributed by atoms with E-state index in [2.05, 4.69) is 141 Å². The predicted octanol–water partition coefficient (Wildman–Crippen LogP) is 11.6. The minimum Gasteiger partial charge on any atom is -0.311 e. The van der Waals surface area contributed by atoms with Crippen LogP contribution in [0.1, 0.15) is 5.56 Å². The van der Waals surface area contributed by atoms with E-state index in [1.54, 1.807) is 0 Å². The fourth-order valence-electron chi connectivity index (χ4n) is 7.34. The van der Waals surface area contributed by atoms with Crippen LogP contribution >= 0.6 is 0 Å². The summed E-state index contributed by atoms with van der Waals surface area (Å²) in [5, 5.41) is 14.9. The van der Waals surface area contributed by atoms with Gasteiger partial charge in [-0.1, -0.05) is 109 Å². The second-order valence-electron chi connectivity index (χ2n) is 11.9. The molecule has 0 aliphatic rings. The Labute approximate surface area is 277 Å². The Morgan fingerprint density at radius 3 is 1.83 bits per heavy atom. The maximum absolute atomic E-state index is 10.5. The summed E-state index contributed by atoms with van der Waals surface area (Å²) in [5.41, 5.74) is 11.5. The summed E-state index contributed by atoms with van der Waals surface area (Å²) in [4.78, 5) is 3.83. The number of fused-ring (bicyclic) bond motifs is 6. The molecule has 0 saturated carbocycles. The summed E-state index contributed by atoms with van der Waals surface area (Å²) >= 11 is 0. The third-order valence-electron chi connectivity index (χ3n) is 9.39. The first kappa shape index (κ1) is 27.4. The minimum atomic E-state index is 0.610. The molecule has 48 heavy (non-hydrogen) atoms. The van der Waals surface area contributed by atoms with Crippen molar-refractivity contribution >= 4 is 49.3 Å². The van der Waals surface area contributed by atoms with Crippen LogP contribution in [0.3, 0.4) is 0 Å². The predicted molar refractivity (Wildman–Crippen MR) is 197 cm³/mol. The van der Waals surface area contributed by atoms with E-state index in [1.807, 2.05) is 36.4 Å². The van der Waals surface area contributed by atoms with Crippen LogP contribution in [0, 0.1) is 17.9 Å². The van der Waals surface area contributed by atoms with Gasteiger partial charge in [0, 0.05) is 32.9 Å². The monoisotopic (exact) mass is 610 g/mol. The molecule has 0 spiro atoms. The smallest absolute Gasteiger partial charge is 0.197 e. The van der Waals surface area contributed by atoms with Crippen molar-refractivity contribution in [2.75, 3.05) is 0 Å². The van der Waals surface area contributed by atoms with E-state index in [0.29, 0.717) is 11.3 Å². The van der Waals surface area contributed by atoms with Gasteiger partial charge in [0.05, 0.1) is 40.4 Å². The molecule has 0 radical (unpaired) electrons. The van der Waals surface area contributed by atoms with Gasteiger partial charge >= 0.3 is 0 Å². The molecule has 0 bridgehead atoms. The molecule has 4 nitrogen and oxygen atoms in total. The van der Waals surface area contributed by atoms with Crippen LogP contribution in [-0.2, 0) is 0 Å². The normalized spacial score (nSPS) is 11.3. The number of hydrogen-bond donors (Lipinski definition) is 0. The quantitative estimate of drug-likeness (QED) is 0.183. The fourth-order valence-corrected chi connectivity index (χ4v) is 7.34. The van der Waals surface area contributed by atoms with E-state index in [9.17, 15) is 5.26 Å². The molecular weight excluding hydrogens is 585 g/mol. The Morgan fingerprint density at radius 1 is 0.500 bits per heavy atom. The van der Waals surface area contributed by atoms with Gasteiger partial charge in [-0.05, 0) is 70.6 Å². The molecule has 0 amide bonds. The average molecular weight is 611 g/mol. The van der Waals surface area contributed by atoms with Crippen LogP contribution in [-0.4, -0.2) is 9.13 Å². The van der Waals surface area contributed by atoms with Crippen LogP contribution in [0.25, 0.3) is 82.1 Å². The molecule has 0 aliphatic heterocycles. The van der Waals surface area contributed by atoms with Gasteiger partial charge in [0.1, 0.15) is 0 Å². The van der Waals surface area contributed by atoms with Crippen molar-refractivity contribution in [1.82, 2.24) is 9.13 Å². The molecule has 222 valence electrons. The summed E-state index contributed by atoms with van der Waals surface area (Å²) in [5.74, 6) is 0. The molecule has 0 unspecified atom stereocenters. The molecule has 7 aromatic carbocycles. The van der Waals surface area contributed by atoms with Crippen LogP contribution in [0.5, 0.6) is 0 Å². The van der Waals surface area contributed by atoms with Gasteiger partial charge in [0.15, 0.2) is 5.69 Å². The number of para-hydroxylation sites is 4. The van der Waals surface area contributed by atoms with E-state index in [4.69, 9.17) is 6.57 Å². The highest BCUT2D eigenvalue weighted by Gasteiger charge is 2.18. The Balaban J connectivity index is 1.19. The Morgan fingerprint density at radius 2 is 1.10 bits per heavy atom. The first-order valence-electron chi connectivity index (χ1n) is 15.9. The lowest BCUT2D eigenvalue weighted by Crippen LogP contribution is -1.98. The van der Waals surface area contributed by atoms with E-state index in [0.717, 1.165) is 66.5 Å². The lowest BCUT2D eigenvalue weighted by molar-refractivity contribution is 1.18. The van der Waals surface area contributed by atoms with Crippen LogP contribution < -0.4 is 0 Å². The first-order chi connectivity index (χ1) is 23.7. The van der Waals surface area contributed by atoms with Crippen molar-refractivity contribution in [2.45, 2.75) is 0 Å². The van der Waals surface area contributed by atoms with Crippen LogP contribution in [0.4, 0.5) is 5.69 Å². The summed E-state index contributed by atoms with van der Waals surface area (Å²) < 4.78 is 4.54. The van der Waals surface area contributed by atoms with Gasteiger partial charge < -0.3 is 9.13 Å². The molecular formula is C44H26N4. The summed E-state index contributed by atoms with van der Waals surface area (Å²) in [6.45, 7) is 7.79. The zero-order valence-electron chi connectivity index (χ0n) is 25.8. The molecule has 0 aliphatic carbocycles. The van der Waals surface area contributed by atoms with Gasteiger partial charge in [-0.25, -0.2) is 4.85 Å². The molecule has 2 aromatic heterocycles. The number of nitriles is 1. The second kappa shape index (κ2) is 10.9. The number of aromatic nitrogens is 2. The number of benzene rings is 7. The lowest BCUT2D eigenvalue weighted by Gasteiger charge is -2.15. The fraction of sp³-hybridized carbons (Fsp3) is 0. The number of rotatable bonds is 4. The Bertz CT molecular complexity index is 2760. The summed E-state index contributed by atoms with van der Waals surface area (Å²) in [6.07, 6.45) is 0.